The van der Waals surface area contributed by atoms with Crippen molar-refractivity contribution in [3.63, 3.8) is 0 Å². The van der Waals surface area contributed by atoms with Crippen molar-refractivity contribution in [3.8, 4) is 5.75 Å². The van der Waals surface area contributed by atoms with E-state index in [-0.39, 0.29) is 5.75 Å². The van der Waals surface area contributed by atoms with Gasteiger partial charge in [0, 0.05) is 12.6 Å². The van der Waals surface area contributed by atoms with E-state index in [9.17, 15) is 15.1 Å². The molecule has 1 amide bonds. The van der Waals surface area contributed by atoms with Gasteiger partial charge in [-0.15, -0.1) is 0 Å². The molecule has 0 radical (unpaired) electrons. The van der Waals surface area contributed by atoms with Gasteiger partial charge in [-0.2, -0.15) is 5.06 Å². The van der Waals surface area contributed by atoms with Crippen molar-refractivity contribution in [2.75, 3.05) is 11.9 Å². The summed E-state index contributed by atoms with van der Waals surface area (Å²) in [5, 5.41) is 20.8. The lowest BCUT2D eigenvalue weighted by atomic mass is 10.0. The van der Waals surface area contributed by atoms with Gasteiger partial charge in [0.1, 0.15) is 5.75 Å². The molecule has 0 aromatic heterocycles. The summed E-state index contributed by atoms with van der Waals surface area (Å²) in [6.45, 7) is 0. The molecule has 102 valence electrons. The molecule has 0 aliphatic carbocycles. The number of nitrogens with zero attached hydrogens (tertiary/aromatic N) is 2. The quantitative estimate of drug-likeness (QED) is 0.781. The normalized spacial score (nSPS) is 18.1. The van der Waals surface area contributed by atoms with Gasteiger partial charge >= 0.3 is 0 Å². The lowest BCUT2D eigenvalue weighted by Crippen LogP contribution is -2.46. The van der Waals surface area contributed by atoms with Gasteiger partial charge in [0.2, 0.25) is 0 Å². The van der Waals surface area contributed by atoms with Gasteiger partial charge in [-0.05, 0) is 18.2 Å². The number of hydroxylamine groups is 2. The maximum atomic E-state index is 12.2. The number of benzene rings is 2. The van der Waals surface area contributed by atoms with E-state index in [1.807, 2.05) is 12.1 Å². The monoisotopic (exact) mass is 270 g/mol. The lowest BCUT2D eigenvalue weighted by Gasteiger charge is -2.40. The molecule has 2 N–H and O–H groups in total. The number of rotatable bonds is 1. The van der Waals surface area contributed by atoms with E-state index in [0.29, 0.717) is 16.2 Å². The zero-order valence-corrected chi connectivity index (χ0v) is 10.9. The Kier molecular flexibility index (Phi) is 2.84. The average Bonchev–Trinajstić information content (AvgIpc) is 2.47. The minimum atomic E-state index is -0.751. The Bertz CT molecular complexity index is 672. The van der Waals surface area contributed by atoms with Crippen LogP contribution in [0.3, 0.4) is 0 Å². The van der Waals surface area contributed by atoms with Crippen molar-refractivity contribution >= 4 is 11.6 Å². The van der Waals surface area contributed by atoms with E-state index in [1.54, 1.807) is 42.3 Å². The highest BCUT2D eigenvalue weighted by molar-refractivity contribution is 6.01. The van der Waals surface area contributed by atoms with Crippen molar-refractivity contribution in [2.45, 2.75) is 6.17 Å². The van der Waals surface area contributed by atoms with Gasteiger partial charge in [-0.25, -0.2) is 0 Å². The molecule has 1 aliphatic heterocycles. The van der Waals surface area contributed by atoms with Crippen LogP contribution >= 0.6 is 0 Å². The molecular formula is C15H14N2O3. The van der Waals surface area contributed by atoms with Gasteiger partial charge in [0.15, 0.2) is 6.17 Å². The number of hydrogen-bond acceptors (Lipinski definition) is 4. The van der Waals surface area contributed by atoms with Crippen LogP contribution in [0.1, 0.15) is 22.1 Å². The van der Waals surface area contributed by atoms with E-state index in [1.165, 1.54) is 6.07 Å². The molecule has 2 aromatic rings. The van der Waals surface area contributed by atoms with E-state index in [4.69, 9.17) is 0 Å². The molecule has 2 aromatic carbocycles. The Balaban J connectivity index is 2.15. The molecular weight excluding hydrogens is 256 g/mol. The summed E-state index contributed by atoms with van der Waals surface area (Å²) >= 11 is 0. The van der Waals surface area contributed by atoms with Crippen LogP contribution in [0.5, 0.6) is 5.75 Å². The molecule has 1 heterocycles. The van der Waals surface area contributed by atoms with Crippen molar-refractivity contribution in [1.29, 1.82) is 0 Å². The fraction of sp³-hybridized carbons (Fsp3) is 0.133. The summed E-state index contributed by atoms with van der Waals surface area (Å²) in [5.41, 5.74) is 1.63. The summed E-state index contributed by atoms with van der Waals surface area (Å²) in [7, 11) is 1.77. The first-order valence-electron chi connectivity index (χ1n) is 6.23. The molecule has 1 unspecified atom stereocenters. The zero-order valence-electron chi connectivity index (χ0n) is 10.9. The third-order valence-electron chi connectivity index (χ3n) is 3.54. The Morgan fingerprint density at radius 2 is 1.70 bits per heavy atom. The number of carbonyl (C=O) groups excluding carboxylic acids is 1. The Hall–Kier alpha value is -2.53. The number of phenolic OH excluding ortho intramolecular Hbond substituents is 1. The summed E-state index contributed by atoms with van der Waals surface area (Å²) in [5.74, 6) is -0.442. The number of phenols is 1. The van der Waals surface area contributed by atoms with Crippen LogP contribution in [0.15, 0.2) is 48.5 Å². The predicted molar refractivity (Wildman–Crippen MR) is 73.6 cm³/mol. The molecule has 0 saturated heterocycles. The third-order valence-corrected chi connectivity index (χ3v) is 3.54. The number of aromatic hydroxyl groups is 1. The van der Waals surface area contributed by atoms with E-state index in [0.717, 1.165) is 5.69 Å². The molecule has 5 heteroatoms. The minimum absolute atomic E-state index is 0.0376. The molecule has 0 fully saturated rings. The number of para-hydroxylation sites is 2. The van der Waals surface area contributed by atoms with E-state index < -0.39 is 12.1 Å². The number of fused-ring (bicyclic) bond motifs is 1. The number of hydrogen-bond donors (Lipinski definition) is 2. The predicted octanol–water partition coefficient (Wildman–Crippen LogP) is 2.37. The molecule has 1 atom stereocenters. The summed E-state index contributed by atoms with van der Waals surface area (Å²) < 4.78 is 0. The maximum Gasteiger partial charge on any atom is 0.281 e. The number of anilines is 1. The van der Waals surface area contributed by atoms with E-state index >= 15 is 0 Å². The van der Waals surface area contributed by atoms with Crippen molar-refractivity contribution in [3.05, 3.63) is 59.7 Å². The largest absolute Gasteiger partial charge is 0.508 e. The lowest BCUT2D eigenvalue weighted by molar-refractivity contribution is -0.0928. The maximum absolute atomic E-state index is 12.2. The fourth-order valence-corrected chi connectivity index (χ4v) is 2.54. The summed E-state index contributed by atoms with van der Waals surface area (Å²) in [4.78, 5) is 14.0. The fourth-order valence-electron chi connectivity index (χ4n) is 2.54. The molecule has 0 saturated carbocycles. The smallest absolute Gasteiger partial charge is 0.281 e. The second kappa shape index (κ2) is 4.54. The van der Waals surface area contributed by atoms with Crippen LogP contribution in [0.2, 0.25) is 0 Å². The summed E-state index contributed by atoms with van der Waals surface area (Å²) in [6, 6.07) is 13.7. The molecule has 0 bridgehead atoms. The van der Waals surface area contributed by atoms with Crippen molar-refractivity contribution < 1.29 is 15.1 Å². The average molecular weight is 270 g/mol. The van der Waals surface area contributed by atoms with Crippen LogP contribution in [0, 0.1) is 0 Å². The Morgan fingerprint density at radius 1 is 1.05 bits per heavy atom. The number of amides is 1. The van der Waals surface area contributed by atoms with Crippen molar-refractivity contribution in [1.82, 2.24) is 5.06 Å². The van der Waals surface area contributed by atoms with Crippen LogP contribution in [0.4, 0.5) is 5.69 Å². The number of carbonyl (C=O) groups is 1. The van der Waals surface area contributed by atoms with Gasteiger partial charge in [-0.3, -0.25) is 10.0 Å². The molecule has 20 heavy (non-hydrogen) atoms. The highest BCUT2D eigenvalue weighted by atomic mass is 16.5. The first kappa shape index (κ1) is 12.5. The van der Waals surface area contributed by atoms with Gasteiger partial charge in [0.05, 0.1) is 11.3 Å². The second-order valence-electron chi connectivity index (χ2n) is 4.71. The van der Waals surface area contributed by atoms with Crippen LogP contribution in [-0.2, 0) is 0 Å². The van der Waals surface area contributed by atoms with Crippen LogP contribution in [0.25, 0.3) is 0 Å². The molecule has 1 aliphatic rings. The highest BCUT2D eigenvalue weighted by Gasteiger charge is 2.37. The molecule has 0 spiro atoms. The standard InChI is InChI=1S/C15H14N2O3/c1-16-12-8-4-2-6-10(12)15(19)17(20)14(16)11-7-3-5-9-13(11)18/h2-9,14,18,20H,1H3. The zero-order chi connectivity index (χ0) is 14.3. The highest BCUT2D eigenvalue weighted by Crippen LogP contribution is 2.38. The minimum Gasteiger partial charge on any atom is -0.508 e. The molecule has 5 nitrogen and oxygen atoms in total. The first-order valence-corrected chi connectivity index (χ1v) is 6.23. The SMILES string of the molecule is CN1c2ccccc2C(=O)N(O)C1c1ccccc1O. The van der Waals surface area contributed by atoms with Gasteiger partial charge in [-0.1, -0.05) is 30.3 Å². The molecule has 3 rings (SSSR count). The van der Waals surface area contributed by atoms with Crippen LogP contribution < -0.4 is 4.90 Å². The van der Waals surface area contributed by atoms with E-state index in [2.05, 4.69) is 0 Å². The first-order chi connectivity index (χ1) is 9.61. The van der Waals surface area contributed by atoms with Gasteiger partial charge in [0.25, 0.3) is 5.91 Å². The Labute approximate surface area is 116 Å². The van der Waals surface area contributed by atoms with Crippen LogP contribution in [-0.4, -0.2) is 28.3 Å². The Morgan fingerprint density at radius 3 is 2.45 bits per heavy atom. The third kappa shape index (κ3) is 1.71. The topological polar surface area (TPSA) is 64.0 Å². The van der Waals surface area contributed by atoms with Crippen molar-refractivity contribution in [2.24, 2.45) is 0 Å². The second-order valence-corrected chi connectivity index (χ2v) is 4.71. The summed E-state index contributed by atoms with van der Waals surface area (Å²) in [6.07, 6.45) is -0.751. The van der Waals surface area contributed by atoms with Gasteiger partial charge < -0.3 is 10.0 Å².